The van der Waals surface area contributed by atoms with Gasteiger partial charge < -0.3 is 10.1 Å². The number of rotatable bonds is 9. The number of carbonyl (C=O) groups excluding carboxylic acids is 1. The SMILES string of the molecule is C=CCNC(=O)C[C@@H](NS(=O)(=O)c1ccc(F)cc1)c1ccc(OC)cc1. The zero-order valence-corrected chi connectivity index (χ0v) is 15.6. The number of amides is 1. The minimum atomic E-state index is -3.95. The van der Waals surface area contributed by atoms with Gasteiger partial charge in [-0.3, -0.25) is 4.79 Å². The quantitative estimate of drug-likeness (QED) is 0.643. The van der Waals surface area contributed by atoms with E-state index in [1.165, 1.54) is 25.3 Å². The van der Waals surface area contributed by atoms with Gasteiger partial charge in [-0.1, -0.05) is 18.2 Å². The van der Waals surface area contributed by atoms with Gasteiger partial charge in [0.05, 0.1) is 18.0 Å². The maximum absolute atomic E-state index is 13.1. The van der Waals surface area contributed by atoms with Crippen LogP contribution in [0.1, 0.15) is 18.0 Å². The summed E-state index contributed by atoms with van der Waals surface area (Å²) in [5.41, 5.74) is 0.593. The van der Waals surface area contributed by atoms with Gasteiger partial charge in [-0.2, -0.15) is 0 Å². The van der Waals surface area contributed by atoms with Gasteiger partial charge >= 0.3 is 0 Å². The van der Waals surface area contributed by atoms with Crippen LogP contribution >= 0.6 is 0 Å². The van der Waals surface area contributed by atoms with E-state index in [4.69, 9.17) is 4.74 Å². The average molecular weight is 392 g/mol. The van der Waals surface area contributed by atoms with Crippen molar-refractivity contribution in [1.29, 1.82) is 0 Å². The minimum Gasteiger partial charge on any atom is -0.497 e. The first kappa shape index (κ1) is 20.6. The topological polar surface area (TPSA) is 84.5 Å². The molecule has 0 heterocycles. The Balaban J connectivity index is 2.28. The lowest BCUT2D eigenvalue weighted by Gasteiger charge is -2.19. The van der Waals surface area contributed by atoms with E-state index in [-0.39, 0.29) is 23.8 Å². The molecular formula is C19H21FN2O4S. The number of hydrogen-bond donors (Lipinski definition) is 2. The van der Waals surface area contributed by atoms with Crippen molar-refractivity contribution < 1.29 is 22.3 Å². The van der Waals surface area contributed by atoms with E-state index in [1.54, 1.807) is 24.3 Å². The van der Waals surface area contributed by atoms with Gasteiger partial charge in [-0.25, -0.2) is 17.5 Å². The van der Waals surface area contributed by atoms with Crippen molar-refractivity contribution in [2.75, 3.05) is 13.7 Å². The third-order valence-electron chi connectivity index (χ3n) is 3.77. The molecule has 0 bridgehead atoms. The highest BCUT2D eigenvalue weighted by Gasteiger charge is 2.24. The van der Waals surface area contributed by atoms with Crippen molar-refractivity contribution in [3.8, 4) is 5.75 Å². The summed E-state index contributed by atoms with van der Waals surface area (Å²) in [5.74, 6) is -0.267. The second kappa shape index (κ2) is 9.29. The molecule has 0 unspecified atom stereocenters. The predicted molar refractivity (Wildman–Crippen MR) is 100 cm³/mol. The number of ether oxygens (including phenoxy) is 1. The van der Waals surface area contributed by atoms with Crippen molar-refractivity contribution in [2.45, 2.75) is 17.4 Å². The first-order chi connectivity index (χ1) is 12.9. The van der Waals surface area contributed by atoms with Crippen molar-refractivity contribution in [3.05, 3.63) is 72.6 Å². The molecule has 0 radical (unpaired) electrons. The maximum Gasteiger partial charge on any atom is 0.241 e. The lowest BCUT2D eigenvalue weighted by Crippen LogP contribution is -2.33. The molecule has 0 saturated carbocycles. The van der Waals surface area contributed by atoms with Crippen LogP contribution in [0, 0.1) is 5.82 Å². The fraction of sp³-hybridized carbons (Fsp3) is 0.211. The number of halogens is 1. The Morgan fingerprint density at radius 1 is 1.19 bits per heavy atom. The van der Waals surface area contributed by atoms with Gasteiger partial charge in [0.2, 0.25) is 15.9 Å². The molecule has 0 saturated heterocycles. The highest BCUT2D eigenvalue weighted by Crippen LogP contribution is 2.23. The molecule has 144 valence electrons. The van der Waals surface area contributed by atoms with Crippen LogP contribution in [-0.2, 0) is 14.8 Å². The number of sulfonamides is 1. The second-order valence-electron chi connectivity index (χ2n) is 5.70. The molecule has 0 aliphatic rings. The van der Waals surface area contributed by atoms with Crippen molar-refractivity contribution in [3.63, 3.8) is 0 Å². The van der Waals surface area contributed by atoms with E-state index >= 15 is 0 Å². The zero-order valence-electron chi connectivity index (χ0n) is 14.8. The lowest BCUT2D eigenvalue weighted by atomic mass is 10.0. The summed E-state index contributed by atoms with van der Waals surface area (Å²) in [5, 5.41) is 2.62. The van der Waals surface area contributed by atoms with Gasteiger partial charge in [0.25, 0.3) is 0 Å². The first-order valence-electron chi connectivity index (χ1n) is 8.15. The number of methoxy groups -OCH3 is 1. The van der Waals surface area contributed by atoms with Crippen LogP contribution in [0.15, 0.2) is 66.1 Å². The Labute approximate surface area is 158 Å². The number of carbonyl (C=O) groups is 1. The largest absolute Gasteiger partial charge is 0.497 e. The third kappa shape index (κ3) is 5.90. The van der Waals surface area contributed by atoms with E-state index in [1.807, 2.05) is 0 Å². The molecule has 2 N–H and O–H groups in total. The van der Waals surface area contributed by atoms with E-state index in [0.717, 1.165) is 12.1 Å². The number of nitrogens with one attached hydrogen (secondary N) is 2. The van der Waals surface area contributed by atoms with Gasteiger partial charge in [0, 0.05) is 13.0 Å². The van der Waals surface area contributed by atoms with Crippen molar-refractivity contribution in [2.24, 2.45) is 0 Å². The van der Waals surface area contributed by atoms with E-state index in [9.17, 15) is 17.6 Å². The van der Waals surface area contributed by atoms with Crippen LogP contribution in [0.2, 0.25) is 0 Å². The molecule has 2 rings (SSSR count). The Morgan fingerprint density at radius 2 is 1.81 bits per heavy atom. The van der Waals surface area contributed by atoms with E-state index < -0.39 is 21.9 Å². The molecule has 0 aliphatic carbocycles. The first-order valence-corrected chi connectivity index (χ1v) is 9.63. The Hall–Kier alpha value is -2.71. The molecule has 0 aromatic heterocycles. The van der Waals surface area contributed by atoms with Gasteiger partial charge in [0.1, 0.15) is 11.6 Å². The molecule has 2 aromatic rings. The smallest absolute Gasteiger partial charge is 0.241 e. The molecule has 0 spiro atoms. The van der Waals surface area contributed by atoms with Gasteiger partial charge in [-0.15, -0.1) is 6.58 Å². The third-order valence-corrected chi connectivity index (χ3v) is 5.26. The van der Waals surface area contributed by atoms with Gasteiger partial charge in [-0.05, 0) is 42.0 Å². The molecule has 1 amide bonds. The highest BCUT2D eigenvalue weighted by atomic mass is 32.2. The summed E-state index contributed by atoms with van der Waals surface area (Å²) < 4.78 is 46.0. The normalized spacial score (nSPS) is 12.2. The zero-order chi connectivity index (χ0) is 19.9. The van der Waals surface area contributed by atoms with Crippen LogP contribution in [0.4, 0.5) is 4.39 Å². The van der Waals surface area contributed by atoms with Crippen LogP contribution in [-0.4, -0.2) is 28.0 Å². The highest BCUT2D eigenvalue weighted by molar-refractivity contribution is 7.89. The molecule has 1 atom stereocenters. The number of benzene rings is 2. The fourth-order valence-electron chi connectivity index (χ4n) is 2.38. The summed E-state index contributed by atoms with van der Waals surface area (Å²) in [6.45, 7) is 3.80. The monoisotopic (exact) mass is 392 g/mol. The summed E-state index contributed by atoms with van der Waals surface area (Å²) in [4.78, 5) is 12.0. The maximum atomic E-state index is 13.1. The summed E-state index contributed by atoms with van der Waals surface area (Å²) in [6, 6.07) is 10.4. The van der Waals surface area contributed by atoms with Crippen LogP contribution < -0.4 is 14.8 Å². The van der Waals surface area contributed by atoms with Crippen LogP contribution in [0.3, 0.4) is 0 Å². The predicted octanol–water partition coefficient (Wildman–Crippen LogP) is 2.55. The molecule has 8 heteroatoms. The number of hydrogen-bond acceptors (Lipinski definition) is 4. The molecule has 27 heavy (non-hydrogen) atoms. The minimum absolute atomic E-state index is 0.0890. The van der Waals surface area contributed by atoms with E-state index in [0.29, 0.717) is 11.3 Å². The molecular weight excluding hydrogens is 371 g/mol. The lowest BCUT2D eigenvalue weighted by molar-refractivity contribution is -0.121. The molecule has 0 fully saturated rings. The molecule has 0 aliphatic heterocycles. The fourth-order valence-corrected chi connectivity index (χ4v) is 3.60. The second-order valence-corrected chi connectivity index (χ2v) is 7.41. The van der Waals surface area contributed by atoms with Crippen molar-refractivity contribution >= 4 is 15.9 Å². The summed E-state index contributed by atoms with van der Waals surface area (Å²) >= 11 is 0. The standard InChI is InChI=1S/C19H21FN2O4S/c1-3-12-21-19(23)13-18(14-4-8-16(26-2)9-5-14)22-27(24,25)17-10-6-15(20)7-11-17/h3-11,18,22H,1,12-13H2,2H3,(H,21,23)/t18-/m1/s1. The van der Waals surface area contributed by atoms with Crippen molar-refractivity contribution in [1.82, 2.24) is 10.0 Å². The Bertz CT molecular complexity index is 881. The summed E-state index contributed by atoms with van der Waals surface area (Å²) in [6.07, 6.45) is 1.42. The van der Waals surface area contributed by atoms with Crippen LogP contribution in [0.25, 0.3) is 0 Å². The molecule has 2 aromatic carbocycles. The van der Waals surface area contributed by atoms with Crippen LogP contribution in [0.5, 0.6) is 5.75 Å². The summed E-state index contributed by atoms with van der Waals surface area (Å²) in [7, 11) is -2.43. The van der Waals surface area contributed by atoms with E-state index in [2.05, 4.69) is 16.6 Å². The average Bonchev–Trinajstić information content (AvgIpc) is 2.66. The Morgan fingerprint density at radius 3 is 2.37 bits per heavy atom. The van der Waals surface area contributed by atoms with Gasteiger partial charge in [0.15, 0.2) is 0 Å². The Kier molecular flexibility index (Phi) is 7.09. The molecule has 6 nitrogen and oxygen atoms in total.